The highest BCUT2D eigenvalue weighted by atomic mass is 19.4. The lowest BCUT2D eigenvalue weighted by molar-refractivity contribution is -0.0885. The summed E-state index contributed by atoms with van der Waals surface area (Å²) in [5, 5.41) is 0. The van der Waals surface area contributed by atoms with Gasteiger partial charge in [0, 0.05) is 5.56 Å². The Morgan fingerprint density at radius 3 is 2.32 bits per heavy atom. The normalized spacial score (nSPS) is 17.6. The molecule has 22 heavy (non-hydrogen) atoms. The molecule has 2 rings (SSSR count). The van der Waals surface area contributed by atoms with E-state index in [0.717, 1.165) is 43.8 Å². The molecule has 5 heteroatoms. The van der Waals surface area contributed by atoms with Crippen LogP contribution in [0.2, 0.25) is 0 Å². The van der Waals surface area contributed by atoms with Crippen LogP contribution in [0.3, 0.4) is 0 Å². The number of likely N-dealkylation sites (tertiary alicyclic amines) is 1. The Morgan fingerprint density at radius 1 is 1.18 bits per heavy atom. The van der Waals surface area contributed by atoms with Crippen LogP contribution < -0.4 is 0 Å². The van der Waals surface area contributed by atoms with Gasteiger partial charge in [0.1, 0.15) is 0 Å². The molecule has 0 amide bonds. The van der Waals surface area contributed by atoms with Crippen molar-refractivity contribution in [1.29, 1.82) is 0 Å². The predicted octanol–water partition coefficient (Wildman–Crippen LogP) is 4.10. The molecular weight excluding hydrogens is 291 g/mol. The first-order valence-electron chi connectivity index (χ1n) is 7.75. The zero-order valence-electron chi connectivity index (χ0n) is 12.8. The van der Waals surface area contributed by atoms with Gasteiger partial charge in [-0.05, 0) is 57.3 Å². The van der Waals surface area contributed by atoms with Crippen LogP contribution in [0.4, 0.5) is 13.2 Å². The summed E-state index contributed by atoms with van der Waals surface area (Å²) in [6, 6.07) is 5.82. The van der Waals surface area contributed by atoms with Crippen LogP contribution in [0, 0.1) is 5.92 Å². The van der Waals surface area contributed by atoms with E-state index in [1.165, 1.54) is 25.0 Å². The number of halogens is 3. The highest BCUT2D eigenvalue weighted by Crippen LogP contribution is 2.23. The Morgan fingerprint density at radius 2 is 1.77 bits per heavy atom. The summed E-state index contributed by atoms with van der Waals surface area (Å²) in [5.74, 6) is -1.01. The monoisotopic (exact) mass is 313 g/mol. The fourth-order valence-electron chi connectivity index (χ4n) is 2.93. The van der Waals surface area contributed by atoms with Crippen molar-refractivity contribution in [3.63, 3.8) is 0 Å². The Bertz CT molecular complexity index is 488. The number of benzene rings is 1. The SMILES string of the molecule is CN1CCC(CCCc2ccc(C(=O)C(F)(F)F)cc2)CC1. The molecule has 0 aliphatic carbocycles. The molecule has 122 valence electrons. The van der Waals surface area contributed by atoms with Crippen LogP contribution in [0.1, 0.15) is 41.6 Å². The van der Waals surface area contributed by atoms with Crippen LogP contribution in [-0.2, 0) is 6.42 Å². The summed E-state index contributed by atoms with van der Waals surface area (Å²) in [6.07, 6.45) is 0.728. The van der Waals surface area contributed by atoms with Gasteiger partial charge in [-0.2, -0.15) is 13.2 Å². The molecule has 0 atom stereocenters. The first kappa shape index (κ1) is 17.0. The van der Waals surface area contributed by atoms with Gasteiger partial charge in [-0.25, -0.2) is 0 Å². The van der Waals surface area contributed by atoms with Gasteiger partial charge in [0.25, 0.3) is 5.78 Å². The first-order valence-corrected chi connectivity index (χ1v) is 7.75. The molecule has 1 fully saturated rings. The van der Waals surface area contributed by atoms with E-state index < -0.39 is 12.0 Å². The lowest BCUT2D eigenvalue weighted by Crippen LogP contribution is -2.30. The lowest BCUT2D eigenvalue weighted by atomic mass is 9.91. The van der Waals surface area contributed by atoms with Gasteiger partial charge in [0.2, 0.25) is 0 Å². The molecule has 0 radical (unpaired) electrons. The third-order valence-electron chi connectivity index (χ3n) is 4.39. The minimum atomic E-state index is -4.80. The van der Waals surface area contributed by atoms with Gasteiger partial charge < -0.3 is 4.90 Å². The van der Waals surface area contributed by atoms with Crippen molar-refractivity contribution in [1.82, 2.24) is 4.90 Å². The van der Waals surface area contributed by atoms with E-state index in [-0.39, 0.29) is 5.56 Å². The van der Waals surface area contributed by atoms with Crippen molar-refractivity contribution < 1.29 is 18.0 Å². The average molecular weight is 313 g/mol. The Kier molecular flexibility index (Phi) is 5.62. The van der Waals surface area contributed by atoms with Crippen molar-refractivity contribution in [2.45, 2.75) is 38.3 Å². The number of aryl methyl sites for hydroxylation is 1. The second-order valence-corrected chi connectivity index (χ2v) is 6.16. The number of rotatable bonds is 5. The number of nitrogens with zero attached hydrogens (tertiary/aromatic N) is 1. The number of carbonyl (C=O) groups excluding carboxylic acids is 1. The average Bonchev–Trinajstić information content (AvgIpc) is 2.48. The second kappa shape index (κ2) is 7.27. The van der Waals surface area contributed by atoms with E-state index in [9.17, 15) is 18.0 Å². The highest BCUT2D eigenvalue weighted by molar-refractivity contribution is 6.00. The number of alkyl halides is 3. The van der Waals surface area contributed by atoms with E-state index in [2.05, 4.69) is 11.9 Å². The lowest BCUT2D eigenvalue weighted by Gasteiger charge is -2.28. The van der Waals surface area contributed by atoms with Crippen molar-refractivity contribution in [2.24, 2.45) is 5.92 Å². The van der Waals surface area contributed by atoms with Gasteiger partial charge >= 0.3 is 6.18 Å². The highest BCUT2D eigenvalue weighted by Gasteiger charge is 2.39. The first-order chi connectivity index (χ1) is 10.4. The van der Waals surface area contributed by atoms with E-state index >= 15 is 0 Å². The van der Waals surface area contributed by atoms with Gasteiger partial charge in [-0.3, -0.25) is 4.79 Å². The molecule has 1 aliphatic heterocycles. The van der Waals surface area contributed by atoms with E-state index in [1.54, 1.807) is 12.1 Å². The number of ketones is 1. The molecule has 0 aromatic heterocycles. The predicted molar refractivity (Wildman–Crippen MR) is 80.0 cm³/mol. The summed E-state index contributed by atoms with van der Waals surface area (Å²) in [6.45, 7) is 2.30. The van der Waals surface area contributed by atoms with Gasteiger partial charge in [0.15, 0.2) is 0 Å². The van der Waals surface area contributed by atoms with Crippen LogP contribution >= 0.6 is 0 Å². The van der Waals surface area contributed by atoms with Crippen LogP contribution in [0.15, 0.2) is 24.3 Å². The van der Waals surface area contributed by atoms with Crippen molar-refractivity contribution in [2.75, 3.05) is 20.1 Å². The standard InChI is InChI=1S/C17H22F3NO/c1-21-11-9-14(10-12-21)4-2-3-13-5-7-15(8-6-13)16(22)17(18,19)20/h5-8,14H,2-4,9-12H2,1H3. The molecule has 1 aromatic rings. The topological polar surface area (TPSA) is 20.3 Å². The Labute approximate surface area is 129 Å². The van der Waals surface area contributed by atoms with Crippen molar-refractivity contribution in [3.8, 4) is 0 Å². The molecule has 0 unspecified atom stereocenters. The number of carbonyl (C=O) groups is 1. The van der Waals surface area contributed by atoms with Crippen LogP contribution in [0.5, 0.6) is 0 Å². The molecule has 0 saturated carbocycles. The van der Waals surface area contributed by atoms with Gasteiger partial charge in [0.05, 0.1) is 0 Å². The fraction of sp³-hybridized carbons (Fsp3) is 0.588. The summed E-state index contributed by atoms with van der Waals surface area (Å²) >= 11 is 0. The third kappa shape index (κ3) is 4.83. The summed E-state index contributed by atoms with van der Waals surface area (Å²) < 4.78 is 37.0. The molecule has 1 saturated heterocycles. The van der Waals surface area contributed by atoms with E-state index in [1.807, 2.05) is 0 Å². The van der Waals surface area contributed by atoms with Crippen LogP contribution in [0.25, 0.3) is 0 Å². The molecule has 2 nitrogen and oxygen atoms in total. The maximum atomic E-state index is 12.3. The number of hydrogen-bond donors (Lipinski definition) is 0. The van der Waals surface area contributed by atoms with Crippen molar-refractivity contribution >= 4 is 5.78 Å². The summed E-state index contributed by atoms with van der Waals surface area (Å²) in [5.41, 5.74) is 0.707. The molecule has 1 aliphatic rings. The molecular formula is C17H22F3NO. The molecule has 0 bridgehead atoms. The zero-order chi connectivity index (χ0) is 16.2. The van der Waals surface area contributed by atoms with Gasteiger partial charge in [-0.15, -0.1) is 0 Å². The quantitative estimate of drug-likeness (QED) is 0.763. The number of piperidine rings is 1. The molecule has 1 aromatic carbocycles. The maximum Gasteiger partial charge on any atom is 0.454 e. The number of hydrogen-bond acceptors (Lipinski definition) is 2. The minimum absolute atomic E-state index is 0.286. The van der Waals surface area contributed by atoms with Crippen LogP contribution in [-0.4, -0.2) is 37.0 Å². The number of Topliss-reactive ketones (excluding diaryl/α,β-unsaturated/α-hetero) is 1. The summed E-state index contributed by atoms with van der Waals surface area (Å²) in [7, 11) is 2.14. The third-order valence-corrected chi connectivity index (χ3v) is 4.39. The molecule has 0 N–H and O–H groups in total. The van der Waals surface area contributed by atoms with E-state index in [0.29, 0.717) is 0 Å². The molecule has 1 heterocycles. The maximum absolute atomic E-state index is 12.3. The van der Waals surface area contributed by atoms with Gasteiger partial charge in [-0.1, -0.05) is 30.7 Å². The molecule has 0 spiro atoms. The fourth-order valence-corrected chi connectivity index (χ4v) is 2.93. The van der Waals surface area contributed by atoms with E-state index in [4.69, 9.17) is 0 Å². The second-order valence-electron chi connectivity index (χ2n) is 6.16. The summed E-state index contributed by atoms with van der Waals surface area (Å²) in [4.78, 5) is 13.4. The largest absolute Gasteiger partial charge is 0.454 e. The minimum Gasteiger partial charge on any atom is -0.306 e. The Hall–Kier alpha value is -1.36. The van der Waals surface area contributed by atoms with Crippen molar-refractivity contribution in [3.05, 3.63) is 35.4 Å². The smallest absolute Gasteiger partial charge is 0.306 e. The zero-order valence-corrected chi connectivity index (χ0v) is 12.8. The Balaban J connectivity index is 1.78.